The van der Waals surface area contributed by atoms with Gasteiger partial charge in [0, 0.05) is 21.2 Å². The van der Waals surface area contributed by atoms with Crippen LogP contribution in [0, 0.1) is 0 Å². The monoisotopic (exact) mass is 460 g/mol. The summed E-state index contributed by atoms with van der Waals surface area (Å²) in [4.78, 5) is 12.2. The Morgan fingerprint density at radius 2 is 1.94 bits per heavy atom. The number of methoxy groups -OCH3 is 1. The van der Waals surface area contributed by atoms with Crippen LogP contribution in [-0.4, -0.2) is 29.4 Å². The zero-order chi connectivity index (χ0) is 22.4. The van der Waals surface area contributed by atoms with Crippen LogP contribution in [0.25, 0.3) is 0 Å². The van der Waals surface area contributed by atoms with Gasteiger partial charge in [0.25, 0.3) is 5.91 Å². The summed E-state index contributed by atoms with van der Waals surface area (Å²) >= 11 is 12.1. The standard InChI is InChI=1S/C22H18Cl2N2O5/c1-30-20-4-2-3-13(21(20)31-12-14-5-6-15(23)9-18(14)24)11-25-26-22(29)17-10-16(27)7-8-19(17)28/h2-11,27-28H,12H2,1H3,(H,26,29)/b25-11+. The number of hydrogen-bond donors (Lipinski definition) is 3. The second-order valence-electron chi connectivity index (χ2n) is 6.30. The Labute approximate surface area is 188 Å². The summed E-state index contributed by atoms with van der Waals surface area (Å²) in [5.41, 5.74) is 3.44. The molecule has 0 bridgehead atoms. The highest BCUT2D eigenvalue weighted by Crippen LogP contribution is 2.32. The van der Waals surface area contributed by atoms with Gasteiger partial charge in [0.1, 0.15) is 18.1 Å². The van der Waals surface area contributed by atoms with Crippen LogP contribution in [0.5, 0.6) is 23.0 Å². The molecule has 0 aromatic heterocycles. The molecule has 0 saturated carbocycles. The molecule has 3 rings (SSSR count). The van der Waals surface area contributed by atoms with Gasteiger partial charge < -0.3 is 19.7 Å². The number of ether oxygens (including phenoxy) is 2. The summed E-state index contributed by atoms with van der Waals surface area (Å²) in [6, 6.07) is 13.9. The fourth-order valence-corrected chi connectivity index (χ4v) is 3.13. The van der Waals surface area contributed by atoms with Crippen LogP contribution in [0.1, 0.15) is 21.5 Å². The maximum absolute atomic E-state index is 12.2. The minimum atomic E-state index is -0.692. The second-order valence-corrected chi connectivity index (χ2v) is 7.15. The van der Waals surface area contributed by atoms with Crippen molar-refractivity contribution in [2.45, 2.75) is 6.61 Å². The number of carbonyl (C=O) groups is 1. The van der Waals surface area contributed by atoms with Crippen molar-refractivity contribution in [1.82, 2.24) is 5.43 Å². The van der Waals surface area contributed by atoms with Crippen molar-refractivity contribution in [3.63, 3.8) is 0 Å². The van der Waals surface area contributed by atoms with Crippen LogP contribution in [0.2, 0.25) is 10.0 Å². The van der Waals surface area contributed by atoms with E-state index in [-0.39, 0.29) is 23.7 Å². The highest BCUT2D eigenvalue weighted by Gasteiger charge is 2.13. The van der Waals surface area contributed by atoms with Gasteiger partial charge in [-0.05, 0) is 42.5 Å². The summed E-state index contributed by atoms with van der Waals surface area (Å²) < 4.78 is 11.3. The third-order valence-corrected chi connectivity index (χ3v) is 4.80. The van der Waals surface area contributed by atoms with E-state index >= 15 is 0 Å². The van der Waals surface area contributed by atoms with Gasteiger partial charge in [-0.15, -0.1) is 0 Å². The molecule has 3 N–H and O–H groups in total. The maximum atomic E-state index is 12.2. The van der Waals surface area contributed by atoms with Crippen LogP contribution in [0.4, 0.5) is 0 Å². The molecule has 31 heavy (non-hydrogen) atoms. The lowest BCUT2D eigenvalue weighted by atomic mass is 10.2. The Morgan fingerprint density at radius 3 is 2.68 bits per heavy atom. The third kappa shape index (κ3) is 5.59. The highest BCUT2D eigenvalue weighted by atomic mass is 35.5. The molecule has 0 unspecified atom stereocenters. The molecule has 0 aliphatic carbocycles. The summed E-state index contributed by atoms with van der Waals surface area (Å²) in [7, 11) is 1.50. The lowest BCUT2D eigenvalue weighted by Crippen LogP contribution is -2.17. The predicted octanol–water partition coefficient (Wildman–Crippen LogP) is 4.76. The van der Waals surface area contributed by atoms with Gasteiger partial charge in [-0.2, -0.15) is 5.10 Å². The van der Waals surface area contributed by atoms with E-state index in [2.05, 4.69) is 10.5 Å². The van der Waals surface area contributed by atoms with Crippen molar-refractivity contribution in [1.29, 1.82) is 0 Å². The molecule has 1 amide bonds. The van der Waals surface area contributed by atoms with E-state index in [1.54, 1.807) is 36.4 Å². The Balaban J connectivity index is 1.78. The van der Waals surface area contributed by atoms with E-state index in [0.717, 1.165) is 11.6 Å². The first-order valence-corrected chi connectivity index (χ1v) is 9.73. The normalized spacial score (nSPS) is 10.8. The van der Waals surface area contributed by atoms with Gasteiger partial charge in [-0.1, -0.05) is 35.3 Å². The number of amides is 1. The SMILES string of the molecule is COc1cccc(/C=N/NC(=O)c2cc(O)ccc2O)c1OCc1ccc(Cl)cc1Cl. The summed E-state index contributed by atoms with van der Waals surface area (Å²) in [6.07, 6.45) is 1.37. The van der Waals surface area contributed by atoms with Gasteiger partial charge in [-0.25, -0.2) is 5.43 Å². The predicted molar refractivity (Wildman–Crippen MR) is 119 cm³/mol. The molecule has 0 atom stereocenters. The zero-order valence-corrected chi connectivity index (χ0v) is 17.8. The number of hydrazone groups is 1. The summed E-state index contributed by atoms with van der Waals surface area (Å²) in [6.45, 7) is 0.154. The maximum Gasteiger partial charge on any atom is 0.275 e. The third-order valence-electron chi connectivity index (χ3n) is 4.21. The average molecular weight is 461 g/mol. The minimum absolute atomic E-state index is 0.114. The fourth-order valence-electron chi connectivity index (χ4n) is 2.66. The molecule has 3 aromatic carbocycles. The van der Waals surface area contributed by atoms with Crippen molar-refractivity contribution < 1.29 is 24.5 Å². The van der Waals surface area contributed by atoms with E-state index in [9.17, 15) is 15.0 Å². The van der Waals surface area contributed by atoms with E-state index < -0.39 is 5.91 Å². The molecule has 0 saturated heterocycles. The molecular formula is C22H18Cl2N2O5. The number of hydrogen-bond acceptors (Lipinski definition) is 6. The van der Waals surface area contributed by atoms with E-state index in [1.807, 2.05) is 0 Å². The van der Waals surface area contributed by atoms with E-state index in [4.69, 9.17) is 32.7 Å². The molecular weight excluding hydrogens is 443 g/mol. The molecule has 3 aromatic rings. The van der Waals surface area contributed by atoms with E-state index in [1.165, 1.54) is 25.5 Å². The lowest BCUT2D eigenvalue weighted by Gasteiger charge is -2.14. The van der Waals surface area contributed by atoms with E-state index in [0.29, 0.717) is 27.1 Å². The Morgan fingerprint density at radius 1 is 1.13 bits per heavy atom. The van der Waals surface area contributed by atoms with Gasteiger partial charge in [0.2, 0.25) is 0 Å². The largest absolute Gasteiger partial charge is 0.508 e. The molecule has 0 fully saturated rings. The number of carbonyl (C=O) groups excluding carboxylic acids is 1. The molecule has 0 heterocycles. The molecule has 9 heteroatoms. The number of nitrogens with zero attached hydrogens (tertiary/aromatic N) is 1. The molecule has 0 spiro atoms. The smallest absolute Gasteiger partial charge is 0.275 e. The number of para-hydroxylation sites is 1. The van der Waals surface area contributed by atoms with Crippen molar-refractivity contribution in [2.24, 2.45) is 5.10 Å². The quantitative estimate of drug-likeness (QED) is 0.268. The molecule has 0 radical (unpaired) electrons. The van der Waals surface area contributed by atoms with Crippen LogP contribution >= 0.6 is 23.2 Å². The first-order valence-electron chi connectivity index (χ1n) is 8.98. The number of halogens is 2. The van der Waals surface area contributed by atoms with Crippen LogP contribution < -0.4 is 14.9 Å². The number of benzene rings is 3. The van der Waals surface area contributed by atoms with Crippen LogP contribution in [0.15, 0.2) is 59.7 Å². The van der Waals surface area contributed by atoms with Gasteiger partial charge >= 0.3 is 0 Å². The zero-order valence-electron chi connectivity index (χ0n) is 16.3. The second kappa shape index (κ2) is 10.1. The Hall–Kier alpha value is -3.42. The highest BCUT2D eigenvalue weighted by molar-refractivity contribution is 6.35. The number of phenols is 2. The Kier molecular flexibility index (Phi) is 7.23. The number of phenolic OH excluding ortho intramolecular Hbond substituents is 2. The Bertz CT molecular complexity index is 1130. The first-order chi connectivity index (χ1) is 14.9. The lowest BCUT2D eigenvalue weighted by molar-refractivity contribution is 0.0952. The fraction of sp³-hybridized carbons (Fsp3) is 0.0909. The van der Waals surface area contributed by atoms with Gasteiger partial charge in [0.15, 0.2) is 11.5 Å². The average Bonchev–Trinajstić information content (AvgIpc) is 2.75. The molecule has 0 aliphatic heterocycles. The van der Waals surface area contributed by atoms with Gasteiger partial charge in [-0.3, -0.25) is 4.79 Å². The minimum Gasteiger partial charge on any atom is -0.508 e. The van der Waals surface area contributed by atoms with Gasteiger partial charge in [0.05, 0.1) is 18.9 Å². The summed E-state index contributed by atoms with van der Waals surface area (Å²) in [5.74, 6) is -0.268. The summed E-state index contributed by atoms with van der Waals surface area (Å²) in [5, 5.41) is 24.2. The topological polar surface area (TPSA) is 100 Å². The van der Waals surface area contributed by atoms with Crippen molar-refractivity contribution in [3.05, 3.63) is 81.3 Å². The van der Waals surface area contributed by atoms with Crippen LogP contribution in [0.3, 0.4) is 0 Å². The molecule has 7 nitrogen and oxygen atoms in total. The number of rotatable bonds is 7. The van der Waals surface area contributed by atoms with Crippen molar-refractivity contribution in [2.75, 3.05) is 7.11 Å². The molecule has 0 aliphatic rings. The number of aromatic hydroxyl groups is 2. The van der Waals surface area contributed by atoms with Crippen molar-refractivity contribution in [3.8, 4) is 23.0 Å². The first kappa shape index (κ1) is 22.3. The number of nitrogens with one attached hydrogen (secondary N) is 1. The van der Waals surface area contributed by atoms with Crippen molar-refractivity contribution >= 4 is 35.3 Å². The molecule has 160 valence electrons. The van der Waals surface area contributed by atoms with Crippen LogP contribution in [-0.2, 0) is 6.61 Å².